The maximum Gasteiger partial charge on any atom is 0.303 e. The van der Waals surface area contributed by atoms with Crippen molar-refractivity contribution in [2.45, 2.75) is 62.7 Å². The lowest BCUT2D eigenvalue weighted by molar-refractivity contribution is -0.143. The Hall–Kier alpha value is -2.55. The number of aryl methyl sites for hydroxylation is 1. The van der Waals surface area contributed by atoms with Crippen molar-refractivity contribution in [2.24, 2.45) is 0 Å². The number of carbonyl (C=O) groups excluding carboxylic acids is 1. The molecular weight excluding hydrogens is 500 g/mol. The molecule has 194 valence electrons. The zero-order valence-electron chi connectivity index (χ0n) is 20.7. The predicted molar refractivity (Wildman–Crippen MR) is 143 cm³/mol. The minimum absolute atomic E-state index is 0.0871. The number of carboxylic acid groups (broad SMARTS) is 2. The zero-order chi connectivity index (χ0) is 26.3. The normalized spacial score (nSPS) is 15.6. The molecule has 0 unspecified atom stereocenters. The van der Waals surface area contributed by atoms with Crippen LogP contribution in [0.25, 0.3) is 0 Å². The van der Waals surface area contributed by atoms with Crippen molar-refractivity contribution in [1.82, 2.24) is 5.32 Å². The molecule has 2 aliphatic rings. The second-order valence-corrected chi connectivity index (χ2v) is 11.0. The van der Waals surface area contributed by atoms with Crippen molar-refractivity contribution in [3.63, 3.8) is 0 Å². The lowest BCUT2D eigenvalue weighted by atomic mass is 9.85. The number of thioether (sulfide) groups is 1. The molecule has 0 spiro atoms. The molecule has 2 aromatic carbocycles. The number of aliphatic carboxylic acids is 2. The van der Waals surface area contributed by atoms with Crippen LogP contribution in [-0.2, 0) is 39.1 Å². The summed E-state index contributed by atoms with van der Waals surface area (Å²) in [5.41, 5.74) is 5.81. The molecule has 9 heteroatoms. The van der Waals surface area contributed by atoms with Gasteiger partial charge in [-0.3, -0.25) is 14.4 Å². The Labute approximate surface area is 221 Å². The Morgan fingerprint density at radius 2 is 1.75 bits per heavy atom. The molecule has 2 aromatic rings. The number of fused-ring (bicyclic) bond motifs is 2. The van der Waals surface area contributed by atoms with E-state index < -0.39 is 17.4 Å². The molecule has 36 heavy (non-hydrogen) atoms. The number of anilines is 1. The molecule has 2 heterocycles. The fourth-order valence-electron chi connectivity index (χ4n) is 4.30. The summed E-state index contributed by atoms with van der Waals surface area (Å²) in [5, 5.41) is 23.1. The predicted octanol–water partition coefficient (Wildman–Crippen LogP) is 4.92. The Morgan fingerprint density at radius 1 is 1.06 bits per heavy atom. The fraction of sp³-hybridized carbons (Fsp3) is 0.444. The second-order valence-electron chi connectivity index (χ2n) is 9.46. The van der Waals surface area contributed by atoms with E-state index in [-0.39, 0.29) is 18.7 Å². The minimum atomic E-state index is -1.08. The van der Waals surface area contributed by atoms with E-state index >= 15 is 0 Å². The summed E-state index contributed by atoms with van der Waals surface area (Å²) >= 11 is 8.43. The smallest absolute Gasteiger partial charge is 0.303 e. The van der Waals surface area contributed by atoms with Crippen LogP contribution in [-0.4, -0.2) is 46.9 Å². The molecule has 0 aromatic heterocycles. The molecule has 0 fully saturated rings. The van der Waals surface area contributed by atoms with Crippen LogP contribution in [0.5, 0.6) is 0 Å². The van der Waals surface area contributed by atoms with Gasteiger partial charge in [-0.2, -0.15) is 0 Å². The van der Waals surface area contributed by atoms with Crippen molar-refractivity contribution in [2.75, 3.05) is 24.2 Å². The summed E-state index contributed by atoms with van der Waals surface area (Å²) in [6, 6.07) is 10.6. The molecule has 0 bridgehead atoms. The first-order valence-electron chi connectivity index (χ1n) is 12.1. The molecular formula is C27H33ClN2O5S. The lowest BCUT2D eigenvalue weighted by Gasteiger charge is -2.16. The van der Waals surface area contributed by atoms with Crippen molar-refractivity contribution in [1.29, 1.82) is 0 Å². The van der Waals surface area contributed by atoms with Gasteiger partial charge in [0.2, 0.25) is 5.91 Å². The first-order chi connectivity index (χ1) is 17.1. The summed E-state index contributed by atoms with van der Waals surface area (Å²) in [6.07, 6.45) is 3.64. The number of carboxylic acids is 2. The van der Waals surface area contributed by atoms with Crippen LogP contribution < -0.4 is 10.6 Å². The largest absolute Gasteiger partial charge is 0.481 e. The van der Waals surface area contributed by atoms with Gasteiger partial charge in [0, 0.05) is 10.6 Å². The maximum atomic E-state index is 12.1. The first kappa shape index (κ1) is 28.0. The molecule has 0 aliphatic carbocycles. The van der Waals surface area contributed by atoms with Gasteiger partial charge >= 0.3 is 11.9 Å². The number of benzene rings is 2. The van der Waals surface area contributed by atoms with Gasteiger partial charge in [-0.25, -0.2) is 0 Å². The number of amides is 1. The maximum absolute atomic E-state index is 12.1. The molecule has 4 N–H and O–H groups in total. The number of hydrogen-bond donors (Lipinski definition) is 4. The molecule has 0 atom stereocenters. The SMILES string of the molecule is CC1(C)C(=O)Nc2ccc(CCCSc3c(Cl)ccc4c3CCNCC4)cc21.O=C(O)CCC(=O)O. The van der Waals surface area contributed by atoms with Gasteiger partial charge in [-0.1, -0.05) is 29.8 Å². The Kier molecular flexibility index (Phi) is 9.82. The van der Waals surface area contributed by atoms with Gasteiger partial charge in [-0.05, 0) is 92.8 Å². The quantitative estimate of drug-likeness (QED) is 0.282. The van der Waals surface area contributed by atoms with E-state index in [1.54, 1.807) is 0 Å². The number of carbonyl (C=O) groups is 3. The standard InChI is InChI=1S/C23H27ClN2OS.C4H6O4/c1-23(2)18-14-15(5-8-20(18)26-22(23)27)4-3-13-28-21-17-10-12-25-11-9-16(17)6-7-19(21)24;5-3(6)1-2-4(7)8/h5-8,14,25H,3-4,9-13H2,1-2H3,(H,26,27);1-2H2,(H,5,6)(H,7,8). The highest BCUT2D eigenvalue weighted by molar-refractivity contribution is 7.99. The molecule has 0 radical (unpaired) electrons. The van der Waals surface area contributed by atoms with Crippen LogP contribution in [0, 0.1) is 0 Å². The van der Waals surface area contributed by atoms with Crippen LogP contribution in [0.1, 0.15) is 55.4 Å². The van der Waals surface area contributed by atoms with E-state index in [1.165, 1.54) is 21.6 Å². The zero-order valence-corrected chi connectivity index (χ0v) is 22.2. The highest BCUT2D eigenvalue weighted by Gasteiger charge is 2.38. The van der Waals surface area contributed by atoms with Crippen molar-refractivity contribution < 1.29 is 24.6 Å². The van der Waals surface area contributed by atoms with Gasteiger partial charge in [0.05, 0.1) is 23.3 Å². The third kappa shape index (κ3) is 7.24. The number of nitrogens with one attached hydrogen (secondary N) is 2. The Bertz CT molecular complexity index is 1120. The van der Waals surface area contributed by atoms with Crippen LogP contribution in [0.3, 0.4) is 0 Å². The topological polar surface area (TPSA) is 116 Å². The molecule has 0 saturated heterocycles. The van der Waals surface area contributed by atoms with Crippen LogP contribution in [0.15, 0.2) is 35.2 Å². The average Bonchev–Trinajstić information content (AvgIpc) is 2.98. The number of rotatable bonds is 8. The molecule has 2 aliphatic heterocycles. The molecule has 0 saturated carbocycles. The first-order valence-corrected chi connectivity index (χ1v) is 13.5. The van der Waals surface area contributed by atoms with E-state index in [4.69, 9.17) is 21.8 Å². The van der Waals surface area contributed by atoms with Gasteiger partial charge < -0.3 is 20.8 Å². The summed E-state index contributed by atoms with van der Waals surface area (Å²) < 4.78 is 0. The van der Waals surface area contributed by atoms with E-state index in [0.29, 0.717) is 0 Å². The molecule has 7 nitrogen and oxygen atoms in total. The van der Waals surface area contributed by atoms with E-state index in [1.807, 2.05) is 31.7 Å². The van der Waals surface area contributed by atoms with Gasteiger partial charge in [0.25, 0.3) is 0 Å². The van der Waals surface area contributed by atoms with Crippen LogP contribution >= 0.6 is 23.4 Å². The summed E-state index contributed by atoms with van der Waals surface area (Å²) in [7, 11) is 0. The fourth-order valence-corrected chi connectivity index (χ4v) is 5.75. The van der Waals surface area contributed by atoms with Gasteiger partial charge in [0.15, 0.2) is 0 Å². The third-order valence-corrected chi connectivity index (χ3v) is 8.09. The minimum Gasteiger partial charge on any atom is -0.481 e. The average molecular weight is 533 g/mol. The highest BCUT2D eigenvalue weighted by atomic mass is 35.5. The van der Waals surface area contributed by atoms with E-state index in [9.17, 15) is 14.4 Å². The molecule has 4 rings (SSSR count). The molecule has 1 amide bonds. The second kappa shape index (κ2) is 12.6. The van der Waals surface area contributed by atoms with E-state index in [2.05, 4.69) is 34.9 Å². The number of halogens is 1. The lowest BCUT2D eigenvalue weighted by Crippen LogP contribution is -2.26. The van der Waals surface area contributed by atoms with Crippen LogP contribution in [0.4, 0.5) is 5.69 Å². The summed E-state index contributed by atoms with van der Waals surface area (Å²) in [4.78, 5) is 32.7. The van der Waals surface area contributed by atoms with Gasteiger partial charge in [-0.15, -0.1) is 11.8 Å². The van der Waals surface area contributed by atoms with E-state index in [0.717, 1.165) is 60.8 Å². The highest BCUT2D eigenvalue weighted by Crippen LogP contribution is 2.38. The summed E-state index contributed by atoms with van der Waals surface area (Å²) in [5.74, 6) is -1.02. The van der Waals surface area contributed by atoms with Crippen molar-refractivity contribution in [3.8, 4) is 0 Å². The van der Waals surface area contributed by atoms with Gasteiger partial charge in [0.1, 0.15) is 0 Å². The van der Waals surface area contributed by atoms with Crippen molar-refractivity contribution >= 4 is 46.9 Å². The Balaban J connectivity index is 0.000000392. The summed E-state index contributed by atoms with van der Waals surface area (Å²) in [6.45, 7) is 6.06. The van der Waals surface area contributed by atoms with Crippen molar-refractivity contribution in [3.05, 3.63) is 57.6 Å². The number of hydrogen-bond acceptors (Lipinski definition) is 5. The van der Waals surface area contributed by atoms with Crippen LogP contribution in [0.2, 0.25) is 5.02 Å². The monoisotopic (exact) mass is 532 g/mol. The Morgan fingerprint density at radius 3 is 2.44 bits per heavy atom. The third-order valence-electron chi connectivity index (χ3n) is 6.41.